The van der Waals surface area contributed by atoms with Gasteiger partial charge in [0.25, 0.3) is 0 Å². The molecule has 17 heavy (non-hydrogen) atoms. The average molecular weight is 246 g/mol. The van der Waals surface area contributed by atoms with Gasteiger partial charge in [0.1, 0.15) is 0 Å². The fourth-order valence-electron chi connectivity index (χ4n) is 2.36. The summed E-state index contributed by atoms with van der Waals surface area (Å²) in [6.45, 7) is 11.3. The molecule has 1 aliphatic rings. The van der Waals surface area contributed by atoms with Crippen molar-refractivity contribution in [2.24, 2.45) is 5.92 Å². The second-order valence-electron chi connectivity index (χ2n) is 4.26. The van der Waals surface area contributed by atoms with E-state index < -0.39 is 6.16 Å². The molecule has 0 bridgehead atoms. The van der Waals surface area contributed by atoms with Gasteiger partial charge in [0, 0.05) is 12.6 Å². The van der Waals surface area contributed by atoms with Gasteiger partial charge in [-0.2, -0.15) is 0 Å². The molecule has 0 aliphatic carbocycles. The molecule has 0 aromatic rings. The standard InChI is InChI=1S/C11H21FN2O.C2H6/c1-3-5-10(13-11(12)15)9-6-7-14(4-2)8-9;1-2/h9-10H,3-8H2,1-2H3,(H,13,15);1-2H3. The van der Waals surface area contributed by atoms with Crippen molar-refractivity contribution >= 4 is 6.16 Å². The van der Waals surface area contributed by atoms with Crippen LogP contribution in [0.15, 0.2) is 0 Å². The third kappa shape index (κ3) is 6.01. The summed E-state index contributed by atoms with van der Waals surface area (Å²) in [5.74, 6) is 0.421. The van der Waals surface area contributed by atoms with Crippen LogP contribution < -0.4 is 5.32 Å². The molecule has 0 spiro atoms. The predicted molar refractivity (Wildman–Crippen MR) is 69.9 cm³/mol. The van der Waals surface area contributed by atoms with Crippen LogP contribution in [0.5, 0.6) is 0 Å². The molecule has 1 amide bonds. The lowest BCUT2D eigenvalue weighted by atomic mass is 9.95. The Morgan fingerprint density at radius 3 is 2.53 bits per heavy atom. The molecule has 102 valence electrons. The van der Waals surface area contributed by atoms with Crippen molar-refractivity contribution in [2.45, 2.75) is 53.0 Å². The maximum Gasteiger partial charge on any atom is 0.397 e. The van der Waals surface area contributed by atoms with E-state index in [9.17, 15) is 9.18 Å². The zero-order valence-electron chi connectivity index (χ0n) is 11.6. The first-order valence-electron chi connectivity index (χ1n) is 6.85. The summed E-state index contributed by atoms with van der Waals surface area (Å²) < 4.78 is 12.3. The summed E-state index contributed by atoms with van der Waals surface area (Å²) in [6, 6.07) is 0.0176. The largest absolute Gasteiger partial charge is 0.397 e. The number of hydrogen-bond acceptors (Lipinski definition) is 2. The number of nitrogens with zero attached hydrogens (tertiary/aromatic N) is 1. The van der Waals surface area contributed by atoms with Gasteiger partial charge in [0.05, 0.1) is 0 Å². The molecule has 1 aliphatic heterocycles. The molecule has 1 fully saturated rings. The normalized spacial score (nSPS) is 21.6. The Morgan fingerprint density at radius 2 is 2.12 bits per heavy atom. The van der Waals surface area contributed by atoms with E-state index in [0.29, 0.717) is 5.92 Å². The van der Waals surface area contributed by atoms with Gasteiger partial charge >= 0.3 is 6.16 Å². The number of halogens is 1. The molecule has 0 saturated carbocycles. The lowest BCUT2D eigenvalue weighted by Gasteiger charge is -2.23. The SMILES string of the molecule is CC.CCCC(NC(=O)F)C1CCN(CC)C1. The Labute approximate surface area is 105 Å². The fourth-order valence-corrected chi connectivity index (χ4v) is 2.36. The molecule has 3 nitrogen and oxygen atoms in total. The summed E-state index contributed by atoms with van der Waals surface area (Å²) in [6.07, 6.45) is 1.54. The number of carbonyl (C=O) groups is 1. The van der Waals surface area contributed by atoms with Crippen molar-refractivity contribution in [3.05, 3.63) is 0 Å². The van der Waals surface area contributed by atoms with Crippen molar-refractivity contribution in [3.63, 3.8) is 0 Å². The lowest BCUT2D eigenvalue weighted by Crippen LogP contribution is -2.39. The van der Waals surface area contributed by atoms with E-state index in [-0.39, 0.29) is 6.04 Å². The quantitative estimate of drug-likeness (QED) is 0.597. The van der Waals surface area contributed by atoms with Crippen LogP contribution in [0, 0.1) is 5.92 Å². The maximum absolute atomic E-state index is 12.3. The number of nitrogens with one attached hydrogen (secondary N) is 1. The van der Waals surface area contributed by atoms with E-state index in [2.05, 4.69) is 24.1 Å². The zero-order chi connectivity index (χ0) is 13.3. The highest BCUT2D eigenvalue weighted by Gasteiger charge is 2.29. The van der Waals surface area contributed by atoms with Crippen LogP contribution in [0.1, 0.15) is 47.0 Å². The molecule has 1 saturated heterocycles. The van der Waals surface area contributed by atoms with E-state index in [1.54, 1.807) is 0 Å². The second kappa shape index (κ2) is 9.40. The molecule has 1 rings (SSSR count). The van der Waals surface area contributed by atoms with Crippen molar-refractivity contribution in [1.29, 1.82) is 0 Å². The minimum absolute atomic E-state index is 0.0176. The number of likely N-dealkylation sites (tertiary alicyclic amines) is 1. The van der Waals surface area contributed by atoms with Gasteiger partial charge in [-0.1, -0.05) is 34.1 Å². The predicted octanol–water partition coefficient (Wildman–Crippen LogP) is 3.20. The van der Waals surface area contributed by atoms with Gasteiger partial charge in [0.2, 0.25) is 0 Å². The van der Waals surface area contributed by atoms with Crippen LogP contribution in [0.4, 0.5) is 9.18 Å². The van der Waals surface area contributed by atoms with E-state index in [1.807, 2.05) is 13.8 Å². The third-order valence-electron chi connectivity index (χ3n) is 3.22. The van der Waals surface area contributed by atoms with Crippen molar-refractivity contribution in [3.8, 4) is 0 Å². The van der Waals surface area contributed by atoms with Crippen LogP contribution in [-0.4, -0.2) is 36.7 Å². The van der Waals surface area contributed by atoms with E-state index in [0.717, 1.165) is 38.9 Å². The van der Waals surface area contributed by atoms with Gasteiger partial charge in [-0.25, -0.2) is 4.79 Å². The van der Waals surface area contributed by atoms with Gasteiger partial charge in [-0.15, -0.1) is 4.39 Å². The van der Waals surface area contributed by atoms with E-state index >= 15 is 0 Å². The van der Waals surface area contributed by atoms with Crippen molar-refractivity contribution in [2.75, 3.05) is 19.6 Å². The van der Waals surface area contributed by atoms with Crippen LogP contribution in [0.3, 0.4) is 0 Å². The topological polar surface area (TPSA) is 32.3 Å². The molecule has 0 aromatic carbocycles. The molecule has 2 atom stereocenters. The summed E-state index contributed by atoms with van der Waals surface area (Å²) in [7, 11) is 0. The minimum atomic E-state index is -1.39. The summed E-state index contributed by atoms with van der Waals surface area (Å²) in [5, 5.41) is 2.44. The Kier molecular flexibility index (Phi) is 9.04. The number of hydrogen-bond donors (Lipinski definition) is 1. The highest BCUT2D eigenvalue weighted by Crippen LogP contribution is 2.22. The Bertz CT molecular complexity index is 212. The fraction of sp³-hybridized carbons (Fsp3) is 0.923. The monoisotopic (exact) mass is 246 g/mol. The highest BCUT2D eigenvalue weighted by molar-refractivity contribution is 5.65. The van der Waals surface area contributed by atoms with Crippen LogP contribution in [-0.2, 0) is 0 Å². The van der Waals surface area contributed by atoms with Gasteiger partial charge < -0.3 is 10.2 Å². The number of rotatable bonds is 5. The summed E-state index contributed by atoms with van der Waals surface area (Å²) >= 11 is 0. The molecule has 1 heterocycles. The third-order valence-corrected chi connectivity index (χ3v) is 3.22. The first-order chi connectivity index (χ1) is 8.17. The van der Waals surface area contributed by atoms with Crippen LogP contribution in [0.2, 0.25) is 0 Å². The summed E-state index contributed by atoms with van der Waals surface area (Å²) in [5.41, 5.74) is 0. The molecular formula is C13H27FN2O. The first kappa shape index (κ1) is 16.4. The Hall–Kier alpha value is -0.640. The second-order valence-corrected chi connectivity index (χ2v) is 4.26. The molecule has 0 radical (unpaired) electrons. The highest BCUT2D eigenvalue weighted by atomic mass is 19.1. The average Bonchev–Trinajstić information content (AvgIpc) is 2.79. The van der Waals surface area contributed by atoms with Crippen molar-refractivity contribution < 1.29 is 9.18 Å². The number of amides is 1. The summed E-state index contributed by atoms with van der Waals surface area (Å²) in [4.78, 5) is 12.8. The van der Waals surface area contributed by atoms with Crippen LogP contribution >= 0.6 is 0 Å². The maximum atomic E-state index is 12.3. The van der Waals surface area contributed by atoms with E-state index in [1.165, 1.54) is 0 Å². The van der Waals surface area contributed by atoms with Crippen LogP contribution in [0.25, 0.3) is 0 Å². The van der Waals surface area contributed by atoms with E-state index in [4.69, 9.17) is 0 Å². The van der Waals surface area contributed by atoms with Gasteiger partial charge in [0.15, 0.2) is 0 Å². The smallest absolute Gasteiger partial charge is 0.325 e. The number of carbonyl (C=O) groups excluding carboxylic acids is 1. The first-order valence-corrected chi connectivity index (χ1v) is 6.85. The molecule has 2 unspecified atom stereocenters. The molecule has 4 heteroatoms. The van der Waals surface area contributed by atoms with Gasteiger partial charge in [-0.05, 0) is 31.8 Å². The van der Waals surface area contributed by atoms with Crippen molar-refractivity contribution in [1.82, 2.24) is 10.2 Å². The van der Waals surface area contributed by atoms with Gasteiger partial charge in [-0.3, -0.25) is 0 Å². The molecule has 1 N–H and O–H groups in total. The molecule has 0 aromatic heterocycles. The lowest BCUT2D eigenvalue weighted by molar-refractivity contribution is 0.208. The Morgan fingerprint density at radius 1 is 1.47 bits per heavy atom. The minimum Gasteiger partial charge on any atom is -0.325 e. The molecular weight excluding hydrogens is 219 g/mol. The zero-order valence-corrected chi connectivity index (χ0v) is 11.6. The Balaban J connectivity index is 0.00000121.